The predicted molar refractivity (Wildman–Crippen MR) is 140 cm³/mol. The molecule has 206 valence electrons. The lowest BCUT2D eigenvalue weighted by Crippen LogP contribution is -2.58. The monoisotopic (exact) mass is 505 g/mol. The highest BCUT2D eigenvalue weighted by atomic mass is 16.4. The summed E-state index contributed by atoms with van der Waals surface area (Å²) in [5.41, 5.74) is 0.453. The number of carboxylic acids is 1. The van der Waals surface area contributed by atoms with Crippen molar-refractivity contribution in [3.05, 3.63) is 0 Å². The number of aliphatic carboxylic acids is 1. The van der Waals surface area contributed by atoms with E-state index in [-0.39, 0.29) is 47.3 Å². The number of hydrogen-bond donors (Lipinski definition) is 4. The van der Waals surface area contributed by atoms with E-state index in [1.807, 2.05) is 13.8 Å². The van der Waals surface area contributed by atoms with Gasteiger partial charge in [-0.05, 0) is 110 Å². The van der Waals surface area contributed by atoms with E-state index in [0.717, 1.165) is 32.1 Å². The Balaban J connectivity index is 1.39. The minimum atomic E-state index is -0.877. The Labute approximate surface area is 218 Å². The van der Waals surface area contributed by atoms with Gasteiger partial charge < -0.3 is 20.6 Å². The molecule has 0 radical (unpaired) electrons. The molecule has 1 amide bonds. The third-order valence-corrected chi connectivity index (χ3v) is 11.8. The lowest BCUT2D eigenvalue weighted by atomic mass is 9.43. The van der Waals surface area contributed by atoms with Gasteiger partial charge in [-0.1, -0.05) is 34.6 Å². The summed E-state index contributed by atoms with van der Waals surface area (Å²) in [6.07, 6.45) is 9.18. The maximum absolute atomic E-state index is 12.7. The molecule has 0 aromatic carbocycles. The average Bonchev–Trinajstić information content (AvgIpc) is 3.15. The van der Waals surface area contributed by atoms with Gasteiger partial charge in [0.1, 0.15) is 0 Å². The standard InChI is InChI=1S/C30H51NO5/c1-17(2)24(16-27(35)36)31-26(34)9-6-18(3)21-7-8-22-28-23(11-13-30(21,22)5)29(4)12-10-20(32)14-19(29)15-25(28)33/h17-25,28,32-33H,6-16H2,1-5H3,(H,31,34)(H,35,36)/t18?,19-,20+,21?,22?,23?,24?,25-,28?,29-,30+/m0/s1. The molecule has 11 atom stereocenters. The van der Waals surface area contributed by atoms with E-state index in [9.17, 15) is 19.8 Å². The van der Waals surface area contributed by atoms with Crippen LogP contribution in [-0.2, 0) is 9.59 Å². The smallest absolute Gasteiger partial charge is 0.305 e. The number of hydrogen-bond acceptors (Lipinski definition) is 4. The molecule has 0 aliphatic heterocycles. The number of carbonyl (C=O) groups excluding carboxylic acids is 1. The van der Waals surface area contributed by atoms with E-state index >= 15 is 0 Å². The van der Waals surface area contributed by atoms with Gasteiger partial charge in [0.05, 0.1) is 18.6 Å². The second kappa shape index (κ2) is 10.6. The highest BCUT2D eigenvalue weighted by Gasteiger charge is 2.62. The molecule has 4 N–H and O–H groups in total. The van der Waals surface area contributed by atoms with Gasteiger partial charge in [-0.3, -0.25) is 9.59 Å². The Morgan fingerprint density at radius 1 is 0.944 bits per heavy atom. The van der Waals surface area contributed by atoms with Gasteiger partial charge >= 0.3 is 5.97 Å². The maximum Gasteiger partial charge on any atom is 0.305 e. The molecule has 36 heavy (non-hydrogen) atoms. The van der Waals surface area contributed by atoms with Crippen LogP contribution >= 0.6 is 0 Å². The van der Waals surface area contributed by atoms with Gasteiger partial charge in [0.2, 0.25) is 5.91 Å². The molecule has 4 aliphatic rings. The zero-order chi connectivity index (χ0) is 26.4. The first-order valence-corrected chi connectivity index (χ1v) is 14.7. The second-order valence-electron chi connectivity index (χ2n) is 14.0. The van der Waals surface area contributed by atoms with Crippen molar-refractivity contribution in [1.82, 2.24) is 5.32 Å². The fraction of sp³-hybridized carbons (Fsp3) is 0.933. The Morgan fingerprint density at radius 3 is 2.28 bits per heavy atom. The lowest BCUT2D eigenvalue weighted by Gasteiger charge is -2.62. The van der Waals surface area contributed by atoms with Crippen LogP contribution in [-0.4, -0.2) is 45.4 Å². The highest BCUT2D eigenvalue weighted by molar-refractivity contribution is 5.77. The number of carbonyl (C=O) groups is 2. The van der Waals surface area contributed by atoms with E-state index in [2.05, 4.69) is 26.1 Å². The van der Waals surface area contributed by atoms with Gasteiger partial charge in [0.25, 0.3) is 0 Å². The minimum Gasteiger partial charge on any atom is -0.481 e. The molecule has 4 fully saturated rings. The van der Waals surface area contributed by atoms with Crippen LogP contribution in [0.25, 0.3) is 0 Å². The van der Waals surface area contributed by atoms with E-state index in [1.54, 1.807) is 0 Å². The van der Waals surface area contributed by atoms with Crippen LogP contribution in [0, 0.1) is 52.3 Å². The average molecular weight is 506 g/mol. The number of aliphatic hydroxyl groups excluding tert-OH is 2. The molecule has 6 unspecified atom stereocenters. The molecule has 0 bridgehead atoms. The molecule has 4 saturated carbocycles. The summed E-state index contributed by atoms with van der Waals surface area (Å²) < 4.78 is 0. The maximum atomic E-state index is 12.7. The summed E-state index contributed by atoms with van der Waals surface area (Å²) in [4.78, 5) is 23.8. The van der Waals surface area contributed by atoms with Crippen molar-refractivity contribution in [2.45, 2.75) is 123 Å². The van der Waals surface area contributed by atoms with Crippen molar-refractivity contribution in [2.75, 3.05) is 0 Å². The highest BCUT2D eigenvalue weighted by Crippen LogP contribution is 2.68. The first-order chi connectivity index (χ1) is 16.9. The summed E-state index contributed by atoms with van der Waals surface area (Å²) in [6.45, 7) is 11.1. The molecular formula is C30H51NO5. The van der Waals surface area contributed by atoms with Crippen molar-refractivity contribution < 1.29 is 24.9 Å². The zero-order valence-corrected chi connectivity index (χ0v) is 23.2. The zero-order valence-electron chi connectivity index (χ0n) is 23.2. The van der Waals surface area contributed by atoms with Crippen LogP contribution in [0.5, 0.6) is 0 Å². The predicted octanol–water partition coefficient (Wildman–Crippen LogP) is 5.01. The summed E-state index contributed by atoms with van der Waals surface area (Å²) >= 11 is 0. The van der Waals surface area contributed by atoms with Crippen LogP contribution in [0.3, 0.4) is 0 Å². The van der Waals surface area contributed by atoms with Crippen molar-refractivity contribution in [3.8, 4) is 0 Å². The molecule has 0 heterocycles. The van der Waals surface area contributed by atoms with Gasteiger partial charge in [0, 0.05) is 12.5 Å². The van der Waals surface area contributed by atoms with E-state index in [4.69, 9.17) is 5.11 Å². The second-order valence-corrected chi connectivity index (χ2v) is 14.0. The Hall–Kier alpha value is -1.14. The first-order valence-electron chi connectivity index (χ1n) is 14.7. The fourth-order valence-corrected chi connectivity index (χ4v) is 9.66. The summed E-state index contributed by atoms with van der Waals surface area (Å²) in [7, 11) is 0. The molecular weight excluding hydrogens is 454 g/mol. The molecule has 4 aliphatic carbocycles. The third-order valence-electron chi connectivity index (χ3n) is 11.8. The molecule has 6 heteroatoms. The fourth-order valence-electron chi connectivity index (χ4n) is 9.66. The Morgan fingerprint density at radius 2 is 1.61 bits per heavy atom. The molecule has 6 nitrogen and oxygen atoms in total. The molecule has 0 aromatic rings. The van der Waals surface area contributed by atoms with Crippen molar-refractivity contribution >= 4 is 11.9 Å². The van der Waals surface area contributed by atoms with E-state index in [1.165, 1.54) is 25.7 Å². The van der Waals surface area contributed by atoms with Crippen LogP contribution in [0.15, 0.2) is 0 Å². The van der Waals surface area contributed by atoms with Crippen molar-refractivity contribution in [1.29, 1.82) is 0 Å². The van der Waals surface area contributed by atoms with E-state index < -0.39 is 5.97 Å². The lowest BCUT2D eigenvalue weighted by molar-refractivity contribution is -0.174. The first kappa shape index (κ1) is 27.9. The van der Waals surface area contributed by atoms with Gasteiger partial charge in [-0.15, -0.1) is 0 Å². The SMILES string of the molecule is CC(C)C(CC(=O)O)NC(=O)CCC(C)C1CCC2C3C(CC[C@]12C)[C@@]1(C)CC[C@@H](O)C[C@H]1C[C@@H]3O. The normalized spacial score (nSPS) is 43.7. The number of nitrogens with one attached hydrogen (secondary N) is 1. The van der Waals surface area contributed by atoms with Gasteiger partial charge in [0.15, 0.2) is 0 Å². The Kier molecular flexibility index (Phi) is 8.17. The quantitative estimate of drug-likeness (QED) is 0.371. The van der Waals surface area contributed by atoms with Crippen LogP contribution in [0.4, 0.5) is 0 Å². The van der Waals surface area contributed by atoms with E-state index in [0.29, 0.717) is 41.9 Å². The van der Waals surface area contributed by atoms with Crippen molar-refractivity contribution in [2.24, 2.45) is 52.3 Å². The Bertz CT molecular complexity index is 815. The number of rotatable bonds is 8. The minimum absolute atomic E-state index is 0.0358. The number of amides is 1. The third kappa shape index (κ3) is 5.10. The molecule has 4 rings (SSSR count). The summed E-state index contributed by atoms with van der Waals surface area (Å²) in [5.74, 6) is 2.05. The molecule has 0 saturated heterocycles. The van der Waals surface area contributed by atoms with Gasteiger partial charge in [-0.2, -0.15) is 0 Å². The topological polar surface area (TPSA) is 107 Å². The van der Waals surface area contributed by atoms with Crippen LogP contribution in [0.1, 0.15) is 105 Å². The largest absolute Gasteiger partial charge is 0.481 e. The number of fused-ring (bicyclic) bond motifs is 5. The molecule has 0 aromatic heterocycles. The number of aliphatic hydroxyl groups is 2. The summed E-state index contributed by atoms with van der Waals surface area (Å²) in [6, 6.07) is -0.326. The van der Waals surface area contributed by atoms with Crippen LogP contribution in [0.2, 0.25) is 0 Å². The number of carboxylic acid groups (broad SMARTS) is 1. The molecule has 0 spiro atoms. The summed E-state index contributed by atoms with van der Waals surface area (Å²) in [5, 5.41) is 33.8. The van der Waals surface area contributed by atoms with Crippen LogP contribution < -0.4 is 5.32 Å². The van der Waals surface area contributed by atoms with Gasteiger partial charge in [-0.25, -0.2) is 0 Å². The van der Waals surface area contributed by atoms with Crippen molar-refractivity contribution in [3.63, 3.8) is 0 Å².